The Morgan fingerprint density at radius 3 is 2.75 bits per heavy atom. The Hall–Kier alpha value is -1.60. The van der Waals surface area contributed by atoms with Crippen LogP contribution >= 0.6 is 23.1 Å². The average molecular weight is 367 g/mol. The smallest absolute Gasteiger partial charge is 0.191 e. The summed E-state index contributed by atoms with van der Waals surface area (Å²) in [5.74, 6) is 2.18. The Morgan fingerprint density at radius 2 is 2.08 bits per heavy atom. The molecule has 0 spiro atoms. The van der Waals surface area contributed by atoms with Gasteiger partial charge < -0.3 is 10.6 Å². The van der Waals surface area contributed by atoms with E-state index in [0.29, 0.717) is 12.3 Å². The molecule has 24 heavy (non-hydrogen) atoms. The molecule has 0 saturated carbocycles. The van der Waals surface area contributed by atoms with Crippen LogP contribution in [0.2, 0.25) is 0 Å². The van der Waals surface area contributed by atoms with Crippen LogP contribution in [0.1, 0.15) is 21.1 Å². The first-order chi connectivity index (χ1) is 11.6. The Balaban J connectivity index is 1.65. The van der Waals surface area contributed by atoms with Gasteiger partial charge in [-0.05, 0) is 25.5 Å². The fourth-order valence-corrected chi connectivity index (χ4v) is 3.75. The molecule has 7 heteroatoms. The Morgan fingerprint density at radius 1 is 1.29 bits per heavy atom. The van der Waals surface area contributed by atoms with Crippen molar-refractivity contribution < 1.29 is 4.39 Å². The zero-order chi connectivity index (χ0) is 17.4. The monoisotopic (exact) mass is 366 g/mol. The molecule has 2 rings (SSSR count). The Kier molecular flexibility index (Phi) is 7.52. The minimum Gasteiger partial charge on any atom is -0.356 e. The molecule has 1 heterocycles. The number of halogens is 1. The Bertz CT molecular complexity index is 665. The molecule has 4 nitrogen and oxygen atoms in total. The van der Waals surface area contributed by atoms with Gasteiger partial charge in [0.05, 0.1) is 12.2 Å². The van der Waals surface area contributed by atoms with Crippen molar-refractivity contribution >= 4 is 29.1 Å². The van der Waals surface area contributed by atoms with Crippen LogP contribution in [-0.2, 0) is 12.3 Å². The predicted octanol–water partition coefficient (Wildman–Crippen LogP) is 3.50. The quantitative estimate of drug-likeness (QED) is 0.447. The lowest BCUT2D eigenvalue weighted by Crippen LogP contribution is -2.37. The van der Waals surface area contributed by atoms with Gasteiger partial charge in [-0.1, -0.05) is 18.2 Å². The zero-order valence-corrected chi connectivity index (χ0v) is 15.9. The third-order valence-corrected chi connectivity index (χ3v) is 5.54. The topological polar surface area (TPSA) is 49.3 Å². The maximum absolute atomic E-state index is 13.5. The van der Waals surface area contributed by atoms with E-state index in [1.807, 2.05) is 19.1 Å². The summed E-state index contributed by atoms with van der Waals surface area (Å²) in [6.45, 7) is 5.54. The van der Waals surface area contributed by atoms with Crippen molar-refractivity contribution in [1.29, 1.82) is 0 Å². The molecule has 0 bridgehead atoms. The highest BCUT2D eigenvalue weighted by atomic mass is 32.2. The highest BCUT2D eigenvalue weighted by Crippen LogP contribution is 2.16. The number of nitrogens with one attached hydrogen (secondary N) is 2. The van der Waals surface area contributed by atoms with Crippen LogP contribution in [0.4, 0.5) is 4.39 Å². The van der Waals surface area contributed by atoms with Crippen molar-refractivity contribution in [3.05, 3.63) is 51.2 Å². The second kappa shape index (κ2) is 9.64. The Labute approximate surface area is 151 Å². The molecule has 2 N–H and O–H groups in total. The lowest BCUT2D eigenvalue weighted by atomic mass is 10.2. The summed E-state index contributed by atoms with van der Waals surface area (Å²) in [5.41, 5.74) is 1.84. The lowest BCUT2D eigenvalue weighted by molar-refractivity contribution is 0.617. The van der Waals surface area contributed by atoms with E-state index >= 15 is 0 Å². The van der Waals surface area contributed by atoms with Crippen molar-refractivity contribution in [1.82, 2.24) is 15.6 Å². The number of aryl methyl sites for hydroxylation is 2. The summed E-state index contributed by atoms with van der Waals surface area (Å²) >= 11 is 3.40. The van der Waals surface area contributed by atoms with Crippen molar-refractivity contribution in [2.45, 2.75) is 26.1 Å². The van der Waals surface area contributed by atoms with Gasteiger partial charge >= 0.3 is 0 Å². The van der Waals surface area contributed by atoms with Gasteiger partial charge in [0.1, 0.15) is 10.8 Å². The van der Waals surface area contributed by atoms with Crippen LogP contribution < -0.4 is 10.6 Å². The van der Waals surface area contributed by atoms with Gasteiger partial charge in [0.2, 0.25) is 0 Å². The summed E-state index contributed by atoms with van der Waals surface area (Å²) in [6, 6.07) is 6.91. The minimum absolute atomic E-state index is 0.135. The molecule has 0 fully saturated rings. The summed E-state index contributed by atoms with van der Waals surface area (Å²) in [5, 5.41) is 7.58. The molecular formula is C17H23FN4S2. The predicted molar refractivity (Wildman–Crippen MR) is 102 cm³/mol. The van der Waals surface area contributed by atoms with Crippen molar-refractivity contribution in [3.8, 4) is 0 Å². The largest absolute Gasteiger partial charge is 0.356 e. The van der Waals surface area contributed by atoms with Crippen LogP contribution in [0.5, 0.6) is 0 Å². The molecule has 0 amide bonds. The highest BCUT2D eigenvalue weighted by Gasteiger charge is 2.05. The van der Waals surface area contributed by atoms with E-state index in [4.69, 9.17) is 0 Å². The second-order valence-corrected chi connectivity index (χ2v) is 7.64. The normalized spacial score (nSPS) is 11.6. The molecular weight excluding hydrogens is 343 g/mol. The number of benzene rings is 1. The molecule has 0 aliphatic rings. The molecule has 0 atom stereocenters. The summed E-state index contributed by atoms with van der Waals surface area (Å²) in [4.78, 5) is 9.96. The van der Waals surface area contributed by atoms with E-state index in [9.17, 15) is 4.39 Å². The minimum atomic E-state index is -0.135. The SMILES string of the molecule is CN=C(NCCSCc1ccccc1F)NCc1nc(C)c(C)s1. The van der Waals surface area contributed by atoms with Crippen molar-refractivity contribution in [2.75, 3.05) is 19.3 Å². The van der Waals surface area contributed by atoms with Crippen LogP contribution in [0.3, 0.4) is 0 Å². The zero-order valence-electron chi connectivity index (χ0n) is 14.2. The van der Waals surface area contributed by atoms with Gasteiger partial charge in [-0.25, -0.2) is 9.37 Å². The number of thiazole rings is 1. The number of rotatable bonds is 7. The first kappa shape index (κ1) is 18.7. The fourth-order valence-electron chi connectivity index (χ4n) is 2.03. The number of hydrogen-bond donors (Lipinski definition) is 2. The maximum atomic E-state index is 13.5. The molecule has 2 aromatic rings. The number of aliphatic imine (C=N–C) groups is 1. The lowest BCUT2D eigenvalue weighted by Gasteiger charge is -2.10. The third-order valence-electron chi connectivity index (χ3n) is 3.46. The molecule has 0 aliphatic heterocycles. The number of aromatic nitrogens is 1. The first-order valence-electron chi connectivity index (χ1n) is 7.78. The molecule has 0 radical (unpaired) electrons. The average Bonchev–Trinajstić information content (AvgIpc) is 2.90. The number of nitrogens with zero attached hydrogens (tertiary/aromatic N) is 2. The van der Waals surface area contributed by atoms with Crippen LogP contribution in [0, 0.1) is 19.7 Å². The van der Waals surface area contributed by atoms with Crippen molar-refractivity contribution in [2.24, 2.45) is 4.99 Å². The van der Waals surface area contributed by atoms with Crippen LogP contribution in [0.15, 0.2) is 29.3 Å². The second-order valence-electron chi connectivity index (χ2n) is 5.25. The highest BCUT2D eigenvalue weighted by molar-refractivity contribution is 7.98. The van der Waals surface area contributed by atoms with Crippen molar-refractivity contribution in [3.63, 3.8) is 0 Å². The standard InChI is InChI=1S/C17H23FN4S2/c1-12-13(2)24-16(22-12)10-21-17(19-3)20-8-9-23-11-14-6-4-5-7-15(14)18/h4-7H,8-11H2,1-3H3,(H2,19,20,21). The van der Waals surface area contributed by atoms with E-state index in [1.165, 1.54) is 10.9 Å². The molecule has 0 aliphatic carbocycles. The number of thioether (sulfide) groups is 1. The van der Waals surface area contributed by atoms with Gasteiger partial charge in [0.25, 0.3) is 0 Å². The molecule has 1 aromatic heterocycles. The first-order valence-corrected chi connectivity index (χ1v) is 9.76. The van der Waals surface area contributed by atoms with E-state index in [-0.39, 0.29) is 5.82 Å². The van der Waals surface area contributed by atoms with E-state index < -0.39 is 0 Å². The molecule has 0 saturated heterocycles. The molecule has 0 unspecified atom stereocenters. The van der Waals surface area contributed by atoms with E-state index in [1.54, 1.807) is 36.2 Å². The van der Waals surface area contributed by atoms with Gasteiger partial charge in [-0.3, -0.25) is 4.99 Å². The van der Waals surface area contributed by atoms with Crippen LogP contribution in [-0.4, -0.2) is 30.3 Å². The van der Waals surface area contributed by atoms with Gasteiger partial charge in [0.15, 0.2) is 5.96 Å². The molecule has 130 valence electrons. The molecule has 1 aromatic carbocycles. The summed E-state index contributed by atoms with van der Waals surface area (Å²) in [6.07, 6.45) is 0. The van der Waals surface area contributed by atoms with Crippen LogP contribution in [0.25, 0.3) is 0 Å². The van der Waals surface area contributed by atoms with Gasteiger partial charge in [-0.15, -0.1) is 11.3 Å². The van der Waals surface area contributed by atoms with Gasteiger partial charge in [0, 0.05) is 30.0 Å². The number of hydrogen-bond acceptors (Lipinski definition) is 4. The third kappa shape index (κ3) is 5.79. The summed E-state index contributed by atoms with van der Waals surface area (Å²) in [7, 11) is 1.75. The maximum Gasteiger partial charge on any atom is 0.191 e. The van der Waals surface area contributed by atoms with E-state index in [2.05, 4.69) is 27.5 Å². The van der Waals surface area contributed by atoms with Gasteiger partial charge in [-0.2, -0.15) is 11.8 Å². The fraction of sp³-hybridized carbons (Fsp3) is 0.412. The summed E-state index contributed by atoms with van der Waals surface area (Å²) < 4.78 is 13.5. The number of guanidine groups is 1. The van der Waals surface area contributed by atoms with E-state index in [0.717, 1.165) is 34.5 Å².